The molecular formula is C19H17N3O6S2. The van der Waals surface area contributed by atoms with Crippen LogP contribution in [0.15, 0.2) is 41.4 Å². The van der Waals surface area contributed by atoms with E-state index in [1.165, 1.54) is 36.7 Å². The first kappa shape index (κ1) is 21.4. The van der Waals surface area contributed by atoms with E-state index in [4.69, 9.17) is 9.47 Å². The maximum Gasteiger partial charge on any atom is 0.325 e. The summed E-state index contributed by atoms with van der Waals surface area (Å²) in [4.78, 5) is 39.4. The van der Waals surface area contributed by atoms with Crippen molar-refractivity contribution in [1.29, 1.82) is 0 Å². The minimum Gasteiger partial charge on any atom is -0.494 e. The molecule has 0 bridgehead atoms. The molecule has 0 N–H and O–H groups in total. The number of carbonyl (C=O) groups is 2. The molecule has 2 aromatic heterocycles. The van der Waals surface area contributed by atoms with Gasteiger partial charge in [-0.2, -0.15) is 4.99 Å². The number of esters is 1. The number of methoxy groups -OCH3 is 1. The number of hydrogen-bond donors (Lipinski definition) is 0. The third-order valence-electron chi connectivity index (χ3n) is 3.87. The van der Waals surface area contributed by atoms with Crippen molar-refractivity contribution in [3.8, 4) is 5.75 Å². The number of ether oxygens (including phenoxy) is 2. The van der Waals surface area contributed by atoms with Gasteiger partial charge in [0, 0.05) is 17.0 Å². The Kier molecular flexibility index (Phi) is 6.75. The van der Waals surface area contributed by atoms with Crippen molar-refractivity contribution in [2.75, 3.05) is 13.7 Å². The highest BCUT2D eigenvalue weighted by atomic mass is 32.1. The van der Waals surface area contributed by atoms with E-state index in [1.54, 1.807) is 22.8 Å². The first-order valence-electron chi connectivity index (χ1n) is 8.75. The van der Waals surface area contributed by atoms with Crippen LogP contribution in [0.25, 0.3) is 16.3 Å². The normalized spacial score (nSPS) is 11.9. The van der Waals surface area contributed by atoms with E-state index in [0.29, 0.717) is 22.0 Å². The zero-order valence-electron chi connectivity index (χ0n) is 16.1. The van der Waals surface area contributed by atoms with Gasteiger partial charge >= 0.3 is 11.0 Å². The summed E-state index contributed by atoms with van der Waals surface area (Å²) in [6, 6.07) is 8.32. The summed E-state index contributed by atoms with van der Waals surface area (Å²) < 4.78 is 12.7. The third kappa shape index (κ3) is 4.99. The minimum absolute atomic E-state index is 0.00966. The molecule has 1 amide bonds. The van der Waals surface area contributed by atoms with Gasteiger partial charge in [0.2, 0.25) is 0 Å². The number of thiophene rings is 1. The predicted octanol–water partition coefficient (Wildman–Crippen LogP) is 3.38. The molecule has 0 aliphatic heterocycles. The Labute approximate surface area is 178 Å². The highest BCUT2D eigenvalue weighted by Gasteiger charge is 2.12. The van der Waals surface area contributed by atoms with Gasteiger partial charge in [0.05, 0.1) is 28.9 Å². The lowest BCUT2D eigenvalue weighted by molar-refractivity contribution is -0.380. The van der Waals surface area contributed by atoms with Crippen LogP contribution < -0.4 is 9.54 Å². The minimum atomic E-state index is -0.554. The Morgan fingerprint density at radius 3 is 2.73 bits per heavy atom. The maximum atomic E-state index is 12.3. The van der Waals surface area contributed by atoms with Crippen molar-refractivity contribution >= 4 is 55.8 Å². The fraction of sp³-hybridized carbons (Fsp3) is 0.211. The Bertz CT molecular complexity index is 1200. The molecule has 0 aliphatic rings. The van der Waals surface area contributed by atoms with E-state index in [-0.39, 0.29) is 11.5 Å². The average Bonchev–Trinajstić information content (AvgIpc) is 3.32. The topological polar surface area (TPSA) is 113 Å². The van der Waals surface area contributed by atoms with Gasteiger partial charge in [-0.15, -0.1) is 0 Å². The van der Waals surface area contributed by atoms with E-state index in [2.05, 4.69) is 4.99 Å². The number of aromatic nitrogens is 1. The molecule has 2 heterocycles. The molecule has 1 aromatic carbocycles. The van der Waals surface area contributed by atoms with E-state index >= 15 is 0 Å². The first-order chi connectivity index (χ1) is 14.4. The van der Waals surface area contributed by atoms with Crippen molar-refractivity contribution in [3.63, 3.8) is 0 Å². The summed E-state index contributed by atoms with van der Waals surface area (Å²) in [5.41, 5.74) is 0.721. The van der Waals surface area contributed by atoms with Gasteiger partial charge in [-0.3, -0.25) is 19.7 Å². The van der Waals surface area contributed by atoms with Crippen molar-refractivity contribution in [3.05, 3.63) is 56.2 Å². The van der Waals surface area contributed by atoms with Crippen molar-refractivity contribution in [2.45, 2.75) is 13.5 Å². The number of thiazole rings is 1. The molecule has 0 unspecified atom stereocenters. The number of benzene rings is 1. The second kappa shape index (κ2) is 9.46. The van der Waals surface area contributed by atoms with Crippen molar-refractivity contribution in [1.82, 2.24) is 4.57 Å². The summed E-state index contributed by atoms with van der Waals surface area (Å²) in [5, 5.41) is 10.7. The number of nitrogens with zero attached hydrogens (tertiary/aromatic N) is 3. The van der Waals surface area contributed by atoms with Crippen molar-refractivity contribution in [2.24, 2.45) is 4.99 Å². The lowest BCUT2D eigenvalue weighted by atomic mass is 10.3. The number of rotatable bonds is 7. The molecule has 0 saturated heterocycles. The molecule has 3 rings (SSSR count). The Morgan fingerprint density at radius 1 is 1.27 bits per heavy atom. The van der Waals surface area contributed by atoms with Gasteiger partial charge in [0.1, 0.15) is 12.3 Å². The molecule has 0 saturated carbocycles. The van der Waals surface area contributed by atoms with Gasteiger partial charge in [-0.05, 0) is 37.3 Å². The van der Waals surface area contributed by atoms with Crippen LogP contribution in [-0.4, -0.2) is 35.1 Å². The van der Waals surface area contributed by atoms with Crippen LogP contribution in [0, 0.1) is 10.1 Å². The molecule has 3 aromatic rings. The molecule has 9 nitrogen and oxygen atoms in total. The van der Waals surface area contributed by atoms with Crippen molar-refractivity contribution < 1.29 is 24.0 Å². The van der Waals surface area contributed by atoms with Crippen LogP contribution >= 0.6 is 22.7 Å². The summed E-state index contributed by atoms with van der Waals surface area (Å²) in [6.45, 7) is 2.29. The number of nitro groups is 1. The number of amides is 1. The zero-order valence-corrected chi connectivity index (χ0v) is 17.7. The Morgan fingerprint density at radius 2 is 2.07 bits per heavy atom. The van der Waals surface area contributed by atoms with Gasteiger partial charge in [0.15, 0.2) is 4.80 Å². The standard InChI is InChI=1S/C19H17N3O6S2/c1-3-28-12-4-7-14-15(10-12)30-19(21(14)11-18(24)27-2)20-16(23)8-5-13-6-9-17(29-13)22(25)26/h4-10H,3,11H2,1-2H3. The largest absolute Gasteiger partial charge is 0.494 e. The van der Waals surface area contributed by atoms with Crippen LogP contribution in [0.4, 0.5) is 5.00 Å². The third-order valence-corrected chi connectivity index (χ3v) is 5.91. The van der Waals surface area contributed by atoms with Gasteiger partial charge in [-0.1, -0.05) is 22.7 Å². The molecular weight excluding hydrogens is 430 g/mol. The monoisotopic (exact) mass is 447 g/mol. The zero-order chi connectivity index (χ0) is 21.7. The van der Waals surface area contributed by atoms with Crippen LogP contribution in [-0.2, 0) is 20.9 Å². The molecule has 30 heavy (non-hydrogen) atoms. The predicted molar refractivity (Wildman–Crippen MR) is 114 cm³/mol. The van der Waals surface area contributed by atoms with Gasteiger partial charge < -0.3 is 14.0 Å². The van der Waals surface area contributed by atoms with Crippen LogP contribution in [0.3, 0.4) is 0 Å². The summed E-state index contributed by atoms with van der Waals surface area (Å²) >= 11 is 2.20. The second-order valence-electron chi connectivity index (χ2n) is 5.83. The van der Waals surface area contributed by atoms with Crippen LogP contribution in [0.5, 0.6) is 5.75 Å². The molecule has 0 atom stereocenters. The fourth-order valence-electron chi connectivity index (χ4n) is 2.56. The van der Waals surface area contributed by atoms with Gasteiger partial charge in [0.25, 0.3) is 5.91 Å². The summed E-state index contributed by atoms with van der Waals surface area (Å²) in [7, 11) is 1.29. The lowest BCUT2D eigenvalue weighted by Crippen LogP contribution is -2.22. The van der Waals surface area contributed by atoms with E-state index in [1.807, 2.05) is 13.0 Å². The smallest absolute Gasteiger partial charge is 0.325 e. The number of fused-ring (bicyclic) bond motifs is 1. The van der Waals surface area contributed by atoms with E-state index < -0.39 is 16.8 Å². The lowest BCUT2D eigenvalue weighted by Gasteiger charge is -2.05. The number of hydrogen-bond acceptors (Lipinski definition) is 8. The molecule has 0 spiro atoms. The SMILES string of the molecule is CCOc1ccc2c(c1)sc(=NC(=O)C=Cc1ccc([N+](=O)[O-])s1)n2CC(=O)OC. The first-order valence-corrected chi connectivity index (χ1v) is 10.4. The van der Waals surface area contributed by atoms with Crippen LogP contribution in [0.1, 0.15) is 11.8 Å². The maximum absolute atomic E-state index is 12.3. The average molecular weight is 447 g/mol. The molecule has 11 heteroatoms. The second-order valence-corrected chi connectivity index (χ2v) is 7.93. The summed E-state index contributed by atoms with van der Waals surface area (Å²) in [6.07, 6.45) is 2.70. The molecule has 0 fully saturated rings. The highest BCUT2D eigenvalue weighted by Crippen LogP contribution is 2.25. The molecule has 156 valence electrons. The fourth-order valence-corrected chi connectivity index (χ4v) is 4.34. The Balaban J connectivity index is 1.96. The van der Waals surface area contributed by atoms with E-state index in [0.717, 1.165) is 21.6 Å². The molecule has 0 aliphatic carbocycles. The van der Waals surface area contributed by atoms with Gasteiger partial charge in [-0.25, -0.2) is 0 Å². The number of carbonyl (C=O) groups excluding carboxylic acids is 2. The van der Waals surface area contributed by atoms with Crippen LogP contribution in [0.2, 0.25) is 0 Å². The summed E-state index contributed by atoms with van der Waals surface area (Å²) in [5.74, 6) is -0.353. The van der Waals surface area contributed by atoms with E-state index in [9.17, 15) is 19.7 Å². The Hall–Kier alpha value is -3.31. The highest BCUT2D eigenvalue weighted by molar-refractivity contribution is 7.16. The quantitative estimate of drug-likeness (QED) is 0.237. The molecule has 0 radical (unpaired) electrons.